The standard InChI is InChI=1S/C26H31NO6/c1-29-26(25(32-33-26)20-10-16-9-17(12-20)13-21(25)11-16)19-6-4-7-22(14-19)30-24(28)31-23-8-3-2-5-18(23)15-27/h4,6-7,14,16-18,20-21,23H,2-3,5,8-13H2,1H3/t16?,17?,18-,20?,21?,23-,25?,26?/m1/s1. The Balaban J connectivity index is 1.22. The Labute approximate surface area is 194 Å². The topological polar surface area (TPSA) is 87.0 Å². The van der Waals surface area contributed by atoms with Crippen LogP contribution in [-0.4, -0.2) is 25.0 Å². The molecule has 5 saturated carbocycles. The molecule has 7 nitrogen and oxygen atoms in total. The van der Waals surface area contributed by atoms with Crippen molar-refractivity contribution >= 4 is 6.16 Å². The Hall–Kier alpha value is -2.14. The van der Waals surface area contributed by atoms with Crippen LogP contribution in [-0.2, 0) is 25.0 Å². The lowest BCUT2D eigenvalue weighted by atomic mass is 9.47. The molecule has 1 heterocycles. The zero-order valence-electron chi connectivity index (χ0n) is 19.0. The maximum absolute atomic E-state index is 12.5. The van der Waals surface area contributed by atoms with Gasteiger partial charge in [0.2, 0.25) is 0 Å². The first-order valence-electron chi connectivity index (χ1n) is 12.4. The quantitative estimate of drug-likeness (QED) is 0.350. The van der Waals surface area contributed by atoms with E-state index in [4.69, 9.17) is 24.0 Å². The van der Waals surface area contributed by atoms with Gasteiger partial charge in [-0.3, -0.25) is 0 Å². The molecule has 4 bridgehead atoms. The van der Waals surface area contributed by atoms with Crippen LogP contribution in [0, 0.1) is 40.9 Å². The maximum atomic E-state index is 12.5. The molecule has 33 heavy (non-hydrogen) atoms. The Bertz CT molecular complexity index is 940. The molecule has 1 aromatic rings. The molecule has 5 aliphatic carbocycles. The normalized spacial score (nSPS) is 43.0. The van der Waals surface area contributed by atoms with E-state index in [1.54, 1.807) is 19.2 Å². The monoisotopic (exact) mass is 453 g/mol. The van der Waals surface area contributed by atoms with Crippen LogP contribution < -0.4 is 4.74 Å². The molecule has 3 atom stereocenters. The number of hydrogen-bond acceptors (Lipinski definition) is 7. The third-order valence-electron chi connectivity index (χ3n) is 8.98. The predicted octanol–water partition coefficient (Wildman–Crippen LogP) is 5.24. The maximum Gasteiger partial charge on any atom is 0.514 e. The van der Waals surface area contributed by atoms with E-state index in [-0.39, 0.29) is 5.92 Å². The van der Waals surface area contributed by atoms with E-state index in [0.717, 1.165) is 62.3 Å². The molecule has 176 valence electrons. The zero-order valence-corrected chi connectivity index (χ0v) is 19.0. The van der Waals surface area contributed by atoms with E-state index in [1.807, 2.05) is 12.1 Å². The largest absolute Gasteiger partial charge is 0.514 e. The van der Waals surface area contributed by atoms with Gasteiger partial charge in [-0.1, -0.05) is 18.6 Å². The van der Waals surface area contributed by atoms with Crippen molar-refractivity contribution < 1.29 is 28.8 Å². The fourth-order valence-corrected chi connectivity index (χ4v) is 7.75. The van der Waals surface area contributed by atoms with Crippen molar-refractivity contribution in [1.29, 1.82) is 5.26 Å². The van der Waals surface area contributed by atoms with Gasteiger partial charge in [-0.25, -0.2) is 9.68 Å². The van der Waals surface area contributed by atoms with Gasteiger partial charge in [0.05, 0.1) is 12.0 Å². The van der Waals surface area contributed by atoms with Crippen molar-refractivity contribution in [2.45, 2.75) is 75.3 Å². The minimum Gasteiger partial charge on any atom is -0.429 e. The first-order chi connectivity index (χ1) is 16.1. The van der Waals surface area contributed by atoms with Gasteiger partial charge in [0.25, 0.3) is 5.79 Å². The Morgan fingerprint density at radius 2 is 1.79 bits per heavy atom. The van der Waals surface area contributed by atoms with Gasteiger partial charge in [0, 0.05) is 12.7 Å². The molecule has 0 radical (unpaired) electrons. The average molecular weight is 454 g/mol. The number of carbonyl (C=O) groups is 1. The summed E-state index contributed by atoms with van der Waals surface area (Å²) < 4.78 is 17.1. The highest BCUT2D eigenvalue weighted by Gasteiger charge is 2.76. The number of ether oxygens (including phenoxy) is 3. The lowest BCUT2D eigenvalue weighted by Crippen LogP contribution is -2.76. The summed E-state index contributed by atoms with van der Waals surface area (Å²) >= 11 is 0. The summed E-state index contributed by atoms with van der Waals surface area (Å²) in [5.74, 6) is 1.49. The second-order valence-electron chi connectivity index (χ2n) is 10.6. The number of hydrogen-bond donors (Lipinski definition) is 0. The van der Waals surface area contributed by atoms with Gasteiger partial charge in [0.1, 0.15) is 11.9 Å². The van der Waals surface area contributed by atoms with Crippen LogP contribution in [0.4, 0.5) is 4.79 Å². The average Bonchev–Trinajstić information content (AvgIpc) is 2.79. The van der Waals surface area contributed by atoms with Crippen LogP contribution in [0.3, 0.4) is 0 Å². The molecule has 1 aliphatic heterocycles. The van der Waals surface area contributed by atoms with Crippen molar-refractivity contribution in [3.8, 4) is 11.8 Å². The van der Waals surface area contributed by atoms with Gasteiger partial charge in [-0.05, 0) is 87.2 Å². The molecular formula is C26H31NO6. The van der Waals surface area contributed by atoms with Gasteiger partial charge >= 0.3 is 6.16 Å². The second-order valence-corrected chi connectivity index (χ2v) is 10.6. The molecule has 1 unspecified atom stereocenters. The minimum atomic E-state index is -1.01. The molecule has 0 aromatic heterocycles. The van der Waals surface area contributed by atoms with Crippen LogP contribution in [0.15, 0.2) is 24.3 Å². The van der Waals surface area contributed by atoms with E-state index in [9.17, 15) is 10.1 Å². The number of benzene rings is 1. The van der Waals surface area contributed by atoms with Crippen molar-refractivity contribution in [2.24, 2.45) is 29.6 Å². The molecule has 0 amide bonds. The fourth-order valence-electron chi connectivity index (χ4n) is 7.75. The van der Waals surface area contributed by atoms with Gasteiger partial charge < -0.3 is 14.2 Å². The number of methoxy groups -OCH3 is 1. The van der Waals surface area contributed by atoms with Crippen LogP contribution in [0.1, 0.15) is 63.4 Å². The zero-order chi connectivity index (χ0) is 22.6. The molecule has 6 fully saturated rings. The van der Waals surface area contributed by atoms with Crippen molar-refractivity contribution in [3.05, 3.63) is 29.8 Å². The molecule has 1 aromatic carbocycles. The third-order valence-corrected chi connectivity index (χ3v) is 8.98. The molecule has 7 rings (SSSR count). The first-order valence-corrected chi connectivity index (χ1v) is 12.4. The summed E-state index contributed by atoms with van der Waals surface area (Å²) in [6, 6.07) is 9.55. The summed E-state index contributed by atoms with van der Waals surface area (Å²) in [6.45, 7) is 0. The summed E-state index contributed by atoms with van der Waals surface area (Å²) in [5, 5.41) is 9.34. The smallest absolute Gasteiger partial charge is 0.429 e. The minimum absolute atomic E-state index is 0.272. The fraction of sp³-hybridized carbons (Fsp3) is 0.692. The Kier molecular flexibility index (Phi) is 5.17. The highest BCUT2D eigenvalue weighted by atomic mass is 17.3. The van der Waals surface area contributed by atoms with Crippen LogP contribution >= 0.6 is 0 Å². The van der Waals surface area contributed by atoms with E-state index in [1.165, 1.54) is 6.42 Å². The van der Waals surface area contributed by atoms with Gasteiger partial charge in [-0.2, -0.15) is 10.1 Å². The van der Waals surface area contributed by atoms with E-state index < -0.39 is 23.6 Å². The Morgan fingerprint density at radius 1 is 1.06 bits per heavy atom. The molecule has 1 spiro atoms. The number of nitriles is 1. The van der Waals surface area contributed by atoms with Crippen molar-refractivity contribution in [2.75, 3.05) is 7.11 Å². The number of carbonyl (C=O) groups excluding carboxylic acids is 1. The summed E-state index contributed by atoms with van der Waals surface area (Å²) in [7, 11) is 1.67. The lowest BCUT2D eigenvalue weighted by Gasteiger charge is -2.68. The first kappa shape index (κ1) is 21.4. The lowest BCUT2D eigenvalue weighted by molar-refractivity contribution is -0.645. The molecule has 1 saturated heterocycles. The summed E-state index contributed by atoms with van der Waals surface area (Å²) in [6.07, 6.45) is 8.18. The SMILES string of the molecule is COC1(c2cccc(OC(=O)O[C@@H]3CCCC[C@@H]3C#N)c2)OOC12C1CC3CC(C1)CC2C3. The van der Waals surface area contributed by atoms with Gasteiger partial charge in [0.15, 0.2) is 5.60 Å². The molecular weight excluding hydrogens is 422 g/mol. The van der Waals surface area contributed by atoms with Crippen molar-refractivity contribution in [1.82, 2.24) is 0 Å². The van der Waals surface area contributed by atoms with E-state index in [0.29, 0.717) is 24.0 Å². The molecule has 7 heteroatoms. The van der Waals surface area contributed by atoms with E-state index in [2.05, 4.69) is 6.07 Å². The Morgan fingerprint density at radius 3 is 2.42 bits per heavy atom. The number of nitrogens with zero attached hydrogens (tertiary/aromatic N) is 1. The highest BCUT2D eigenvalue weighted by Crippen LogP contribution is 2.69. The molecule has 0 N–H and O–H groups in total. The van der Waals surface area contributed by atoms with Crippen LogP contribution in [0.2, 0.25) is 0 Å². The summed E-state index contributed by atoms with van der Waals surface area (Å²) in [5.41, 5.74) is 0.303. The van der Waals surface area contributed by atoms with Crippen LogP contribution in [0.5, 0.6) is 5.75 Å². The van der Waals surface area contributed by atoms with Crippen molar-refractivity contribution in [3.63, 3.8) is 0 Å². The second kappa shape index (κ2) is 7.97. The highest BCUT2D eigenvalue weighted by molar-refractivity contribution is 5.64. The van der Waals surface area contributed by atoms with E-state index >= 15 is 0 Å². The predicted molar refractivity (Wildman–Crippen MR) is 116 cm³/mol. The van der Waals surface area contributed by atoms with Crippen LogP contribution in [0.25, 0.3) is 0 Å². The molecule has 6 aliphatic rings. The summed E-state index contributed by atoms with van der Waals surface area (Å²) in [4.78, 5) is 24.3. The number of rotatable bonds is 4. The van der Waals surface area contributed by atoms with Gasteiger partial charge in [-0.15, -0.1) is 0 Å². The third kappa shape index (κ3) is 3.14.